The maximum atomic E-state index is 13.3. The first kappa shape index (κ1) is 20.3. The number of nitrogens with zero attached hydrogens (tertiary/aromatic N) is 3. The molecule has 5 nitrogen and oxygen atoms in total. The number of fused-ring (bicyclic) bond motifs is 1. The van der Waals surface area contributed by atoms with Crippen LogP contribution in [0.5, 0.6) is 5.75 Å². The lowest BCUT2D eigenvalue weighted by Crippen LogP contribution is -2.31. The van der Waals surface area contributed by atoms with E-state index < -0.39 is 0 Å². The molecule has 0 radical (unpaired) electrons. The SMILES string of the molecule is CCOc1cccc2sc(N(Cc3cccnc3)C(=O)Cc3ccccc3Cl)nc12. The van der Waals surface area contributed by atoms with Crippen LogP contribution in [0.1, 0.15) is 18.1 Å². The van der Waals surface area contributed by atoms with E-state index in [1.165, 1.54) is 11.3 Å². The molecule has 0 spiro atoms. The molecule has 2 aromatic carbocycles. The number of thiazole rings is 1. The van der Waals surface area contributed by atoms with Crippen molar-refractivity contribution < 1.29 is 9.53 Å². The molecule has 0 aliphatic heterocycles. The van der Waals surface area contributed by atoms with Crippen molar-refractivity contribution in [3.63, 3.8) is 0 Å². The molecule has 2 aromatic heterocycles. The molecule has 4 aromatic rings. The number of halogens is 1. The third kappa shape index (κ3) is 4.45. The van der Waals surface area contributed by atoms with Crippen LogP contribution in [0.25, 0.3) is 10.2 Å². The maximum Gasteiger partial charge on any atom is 0.233 e. The van der Waals surface area contributed by atoms with Crippen molar-refractivity contribution in [3.05, 3.63) is 83.1 Å². The summed E-state index contributed by atoms with van der Waals surface area (Å²) in [6, 6.07) is 17.0. The molecule has 0 N–H and O–H groups in total. The number of amides is 1. The van der Waals surface area contributed by atoms with Crippen molar-refractivity contribution >= 4 is 44.2 Å². The van der Waals surface area contributed by atoms with Crippen LogP contribution in [0.3, 0.4) is 0 Å². The molecule has 0 aliphatic carbocycles. The van der Waals surface area contributed by atoms with Crippen molar-refractivity contribution in [2.75, 3.05) is 11.5 Å². The van der Waals surface area contributed by atoms with Gasteiger partial charge in [0.25, 0.3) is 0 Å². The lowest BCUT2D eigenvalue weighted by atomic mass is 10.1. The van der Waals surface area contributed by atoms with Crippen LogP contribution in [-0.4, -0.2) is 22.5 Å². The highest BCUT2D eigenvalue weighted by molar-refractivity contribution is 7.22. The van der Waals surface area contributed by atoms with Crippen LogP contribution in [0, 0.1) is 0 Å². The van der Waals surface area contributed by atoms with Crippen LogP contribution in [0.4, 0.5) is 5.13 Å². The molecule has 0 aliphatic rings. The standard InChI is InChI=1S/C23H20ClN3O2S/c1-2-29-19-10-5-11-20-22(19)26-23(30-20)27(15-16-7-6-12-25-14-16)21(28)13-17-8-3-4-9-18(17)24/h3-12,14H,2,13,15H2,1H3. The van der Waals surface area contributed by atoms with Gasteiger partial charge in [-0.15, -0.1) is 0 Å². The highest BCUT2D eigenvalue weighted by Gasteiger charge is 2.22. The third-order valence-corrected chi connectivity index (χ3v) is 5.98. The van der Waals surface area contributed by atoms with Crippen LogP contribution in [-0.2, 0) is 17.8 Å². The summed E-state index contributed by atoms with van der Waals surface area (Å²) in [7, 11) is 0. The monoisotopic (exact) mass is 437 g/mol. The fraction of sp³-hybridized carbons (Fsp3) is 0.174. The number of carbonyl (C=O) groups is 1. The molecule has 0 saturated heterocycles. The minimum Gasteiger partial charge on any atom is -0.492 e. The van der Waals surface area contributed by atoms with E-state index in [0.717, 1.165) is 27.1 Å². The Bertz CT molecular complexity index is 1160. The molecular formula is C23H20ClN3O2S. The highest BCUT2D eigenvalue weighted by Crippen LogP contribution is 2.35. The van der Waals surface area contributed by atoms with Crippen molar-refractivity contribution in [1.82, 2.24) is 9.97 Å². The van der Waals surface area contributed by atoms with Gasteiger partial charge in [-0.2, -0.15) is 0 Å². The number of carbonyl (C=O) groups excluding carboxylic acids is 1. The largest absolute Gasteiger partial charge is 0.492 e. The van der Waals surface area contributed by atoms with Crippen LogP contribution in [0.15, 0.2) is 67.0 Å². The summed E-state index contributed by atoms with van der Waals surface area (Å²) in [4.78, 5) is 24.0. The zero-order valence-electron chi connectivity index (χ0n) is 16.4. The molecule has 1 amide bonds. The molecule has 0 saturated carbocycles. The predicted octanol–water partition coefficient (Wildman–Crippen LogP) is 5.52. The number of para-hydroxylation sites is 1. The number of benzene rings is 2. The van der Waals surface area contributed by atoms with Gasteiger partial charge in [0, 0.05) is 17.4 Å². The van der Waals surface area contributed by atoms with Crippen molar-refractivity contribution in [1.29, 1.82) is 0 Å². The molecular weight excluding hydrogens is 418 g/mol. The summed E-state index contributed by atoms with van der Waals surface area (Å²) in [5, 5.41) is 1.20. The summed E-state index contributed by atoms with van der Waals surface area (Å²) in [5.41, 5.74) is 2.48. The fourth-order valence-electron chi connectivity index (χ4n) is 3.14. The number of rotatable bonds is 7. The van der Waals surface area contributed by atoms with E-state index >= 15 is 0 Å². The molecule has 0 atom stereocenters. The summed E-state index contributed by atoms with van der Waals surface area (Å²) < 4.78 is 6.69. The Hall–Kier alpha value is -2.96. The predicted molar refractivity (Wildman–Crippen MR) is 121 cm³/mol. The Morgan fingerprint density at radius 1 is 1.13 bits per heavy atom. The zero-order chi connectivity index (χ0) is 20.9. The number of anilines is 1. The number of ether oxygens (including phenoxy) is 1. The number of hydrogen-bond donors (Lipinski definition) is 0. The fourth-order valence-corrected chi connectivity index (χ4v) is 4.34. The molecule has 2 heterocycles. The lowest BCUT2D eigenvalue weighted by Gasteiger charge is -2.20. The first-order chi connectivity index (χ1) is 14.7. The minimum absolute atomic E-state index is 0.0797. The number of aromatic nitrogens is 2. The van der Waals surface area contributed by atoms with Crippen molar-refractivity contribution in [2.24, 2.45) is 0 Å². The van der Waals surface area contributed by atoms with Crippen LogP contribution >= 0.6 is 22.9 Å². The van der Waals surface area contributed by atoms with E-state index in [4.69, 9.17) is 21.3 Å². The molecule has 0 bridgehead atoms. The van der Waals surface area contributed by atoms with Gasteiger partial charge in [0.2, 0.25) is 5.91 Å². The summed E-state index contributed by atoms with van der Waals surface area (Å²) in [6.45, 7) is 2.87. The second-order valence-electron chi connectivity index (χ2n) is 6.64. The smallest absolute Gasteiger partial charge is 0.233 e. The van der Waals surface area contributed by atoms with Crippen molar-refractivity contribution in [3.8, 4) is 5.75 Å². The van der Waals surface area contributed by atoms with Gasteiger partial charge >= 0.3 is 0 Å². The second-order valence-corrected chi connectivity index (χ2v) is 8.06. The van der Waals surface area contributed by atoms with Gasteiger partial charge in [0.15, 0.2) is 5.13 Å². The molecule has 7 heteroatoms. The second kappa shape index (κ2) is 9.24. The van der Waals surface area contributed by atoms with E-state index in [0.29, 0.717) is 23.3 Å². The van der Waals surface area contributed by atoms with Crippen LogP contribution < -0.4 is 9.64 Å². The highest BCUT2D eigenvalue weighted by atomic mass is 35.5. The quantitative estimate of drug-likeness (QED) is 0.382. The van der Waals surface area contributed by atoms with E-state index in [-0.39, 0.29) is 12.3 Å². The molecule has 0 fully saturated rings. The van der Waals surface area contributed by atoms with Gasteiger partial charge in [-0.1, -0.05) is 53.3 Å². The number of pyridine rings is 1. The Morgan fingerprint density at radius 3 is 2.77 bits per heavy atom. The minimum atomic E-state index is -0.0797. The summed E-state index contributed by atoms with van der Waals surface area (Å²) in [6.07, 6.45) is 3.66. The Labute approximate surface area is 183 Å². The van der Waals surface area contributed by atoms with E-state index in [1.54, 1.807) is 23.4 Å². The summed E-state index contributed by atoms with van der Waals surface area (Å²) >= 11 is 7.76. The first-order valence-electron chi connectivity index (χ1n) is 9.60. The van der Waals surface area contributed by atoms with E-state index in [1.807, 2.05) is 55.5 Å². The van der Waals surface area contributed by atoms with Gasteiger partial charge in [0.1, 0.15) is 11.3 Å². The first-order valence-corrected chi connectivity index (χ1v) is 10.8. The Balaban J connectivity index is 1.71. The van der Waals surface area contributed by atoms with Gasteiger partial charge in [-0.25, -0.2) is 4.98 Å². The van der Waals surface area contributed by atoms with Gasteiger partial charge in [-0.3, -0.25) is 14.7 Å². The van der Waals surface area contributed by atoms with E-state index in [2.05, 4.69) is 4.98 Å². The van der Waals surface area contributed by atoms with Crippen molar-refractivity contribution in [2.45, 2.75) is 19.9 Å². The van der Waals surface area contributed by atoms with E-state index in [9.17, 15) is 4.79 Å². The lowest BCUT2D eigenvalue weighted by molar-refractivity contribution is -0.118. The topological polar surface area (TPSA) is 55.3 Å². The molecule has 4 rings (SSSR count). The maximum absolute atomic E-state index is 13.3. The Morgan fingerprint density at radius 2 is 2.00 bits per heavy atom. The summed E-state index contributed by atoms with van der Waals surface area (Å²) in [5.74, 6) is 0.640. The van der Waals surface area contributed by atoms with Crippen LogP contribution in [0.2, 0.25) is 5.02 Å². The van der Waals surface area contributed by atoms with Gasteiger partial charge in [-0.05, 0) is 42.3 Å². The average Bonchev–Trinajstić information content (AvgIpc) is 3.19. The molecule has 152 valence electrons. The normalized spacial score (nSPS) is 10.9. The third-order valence-electron chi connectivity index (χ3n) is 4.57. The number of hydrogen-bond acceptors (Lipinski definition) is 5. The molecule has 30 heavy (non-hydrogen) atoms. The Kier molecular flexibility index (Phi) is 6.26. The van der Waals surface area contributed by atoms with Gasteiger partial charge < -0.3 is 4.74 Å². The zero-order valence-corrected chi connectivity index (χ0v) is 18.0. The van der Waals surface area contributed by atoms with Gasteiger partial charge in [0.05, 0.1) is 24.3 Å². The molecule has 0 unspecified atom stereocenters. The average molecular weight is 438 g/mol.